The molecule has 0 spiro atoms. The van der Waals surface area contributed by atoms with Crippen molar-refractivity contribution in [1.29, 1.82) is 0 Å². The summed E-state index contributed by atoms with van der Waals surface area (Å²) in [6, 6.07) is 16.3. The minimum absolute atomic E-state index is 0.233. The van der Waals surface area contributed by atoms with Crippen LogP contribution in [0.3, 0.4) is 0 Å². The molecule has 2 aromatic rings. The number of amides is 1. The van der Waals surface area contributed by atoms with Crippen molar-refractivity contribution in [2.24, 2.45) is 0 Å². The van der Waals surface area contributed by atoms with Crippen LogP contribution in [0.15, 0.2) is 61.2 Å². The minimum atomic E-state index is -0.233. The van der Waals surface area contributed by atoms with Crippen molar-refractivity contribution in [3.05, 3.63) is 71.8 Å². The largest absolute Gasteiger partial charge is 0.322 e. The van der Waals surface area contributed by atoms with Gasteiger partial charge in [-0.1, -0.05) is 48.5 Å². The number of rotatable bonds is 3. The smallest absolute Gasteiger partial charge is 0.255 e. The molecule has 0 bridgehead atoms. The number of halogens is 1. The van der Waals surface area contributed by atoms with E-state index in [-0.39, 0.29) is 5.91 Å². The van der Waals surface area contributed by atoms with E-state index in [9.17, 15) is 4.79 Å². The zero-order chi connectivity index (χ0) is 13.0. The van der Waals surface area contributed by atoms with Gasteiger partial charge in [0.1, 0.15) is 0 Å². The molecule has 0 atom stereocenters. The fourth-order valence-electron chi connectivity index (χ4n) is 1.54. The Balaban J connectivity index is 2.13. The van der Waals surface area contributed by atoms with E-state index in [0.29, 0.717) is 10.6 Å². The molecule has 0 saturated carbocycles. The number of carbonyl (C=O) groups excluding carboxylic acids is 1. The molecular weight excluding hydrogens is 246 g/mol. The van der Waals surface area contributed by atoms with Crippen LogP contribution in [0.25, 0.3) is 5.57 Å². The Morgan fingerprint density at radius 2 is 1.78 bits per heavy atom. The summed E-state index contributed by atoms with van der Waals surface area (Å²) in [6.07, 6.45) is 0. The number of hydrogen-bond donors (Lipinski definition) is 1. The molecule has 3 heteroatoms. The second-order valence-electron chi connectivity index (χ2n) is 3.81. The Hall–Kier alpha value is -2.06. The number of hydrogen-bond acceptors (Lipinski definition) is 1. The normalized spacial score (nSPS) is 9.83. The zero-order valence-electron chi connectivity index (χ0n) is 9.69. The van der Waals surface area contributed by atoms with Crippen molar-refractivity contribution in [3.8, 4) is 0 Å². The molecule has 2 aromatic carbocycles. The summed E-state index contributed by atoms with van der Waals surface area (Å²) in [6.45, 7) is 3.79. The van der Waals surface area contributed by atoms with E-state index in [1.54, 1.807) is 24.3 Å². The molecular formula is C15H12ClNO. The molecule has 0 aliphatic carbocycles. The van der Waals surface area contributed by atoms with E-state index < -0.39 is 0 Å². The fourth-order valence-corrected chi connectivity index (χ4v) is 1.73. The minimum Gasteiger partial charge on any atom is -0.322 e. The third kappa shape index (κ3) is 2.99. The van der Waals surface area contributed by atoms with Gasteiger partial charge in [-0.3, -0.25) is 4.79 Å². The van der Waals surface area contributed by atoms with Crippen LogP contribution in [0.4, 0.5) is 5.69 Å². The number of nitrogens with one attached hydrogen (secondary N) is 1. The first-order chi connectivity index (χ1) is 8.66. The molecule has 0 unspecified atom stereocenters. The molecule has 0 saturated heterocycles. The Morgan fingerprint density at radius 3 is 2.44 bits per heavy atom. The first kappa shape index (κ1) is 12.4. The van der Waals surface area contributed by atoms with Gasteiger partial charge in [0.05, 0.1) is 0 Å². The lowest BCUT2D eigenvalue weighted by molar-refractivity contribution is -0.111. The molecule has 1 N–H and O–H groups in total. The van der Waals surface area contributed by atoms with E-state index in [0.717, 1.165) is 11.3 Å². The topological polar surface area (TPSA) is 29.1 Å². The van der Waals surface area contributed by atoms with Crippen LogP contribution in [0, 0.1) is 0 Å². The maximum absolute atomic E-state index is 12.0. The van der Waals surface area contributed by atoms with Crippen molar-refractivity contribution in [3.63, 3.8) is 0 Å². The lowest BCUT2D eigenvalue weighted by atomic mass is 10.1. The van der Waals surface area contributed by atoms with Gasteiger partial charge in [-0.25, -0.2) is 0 Å². The number of para-hydroxylation sites is 1. The highest BCUT2D eigenvalue weighted by Crippen LogP contribution is 2.19. The first-order valence-corrected chi connectivity index (χ1v) is 5.86. The quantitative estimate of drug-likeness (QED) is 0.828. The molecule has 0 fully saturated rings. The van der Waals surface area contributed by atoms with Crippen LogP contribution in [0.2, 0.25) is 5.02 Å². The van der Waals surface area contributed by atoms with Crippen LogP contribution in [-0.2, 0) is 4.79 Å². The van der Waals surface area contributed by atoms with Gasteiger partial charge in [-0.05, 0) is 29.8 Å². The van der Waals surface area contributed by atoms with Gasteiger partial charge in [0.25, 0.3) is 5.91 Å². The molecule has 0 aliphatic heterocycles. The van der Waals surface area contributed by atoms with Gasteiger partial charge in [0.2, 0.25) is 0 Å². The second kappa shape index (κ2) is 5.52. The SMILES string of the molecule is C=C(C(=O)Nc1ccccc1)c1cccc(Cl)c1. The molecule has 0 radical (unpaired) electrons. The monoisotopic (exact) mass is 257 g/mol. The van der Waals surface area contributed by atoms with E-state index in [1.165, 1.54) is 0 Å². The summed E-state index contributed by atoms with van der Waals surface area (Å²) >= 11 is 5.88. The van der Waals surface area contributed by atoms with E-state index >= 15 is 0 Å². The number of carbonyl (C=O) groups is 1. The summed E-state index contributed by atoms with van der Waals surface area (Å²) < 4.78 is 0. The van der Waals surface area contributed by atoms with Crippen LogP contribution < -0.4 is 5.32 Å². The lowest BCUT2D eigenvalue weighted by Gasteiger charge is -2.08. The highest BCUT2D eigenvalue weighted by molar-refractivity contribution is 6.31. The summed E-state index contributed by atoms with van der Waals surface area (Å²) in [5, 5.41) is 3.36. The van der Waals surface area contributed by atoms with Gasteiger partial charge < -0.3 is 5.32 Å². The predicted molar refractivity (Wildman–Crippen MR) is 75.6 cm³/mol. The lowest BCUT2D eigenvalue weighted by Crippen LogP contribution is -2.12. The maximum Gasteiger partial charge on any atom is 0.255 e. The summed E-state index contributed by atoms with van der Waals surface area (Å²) in [5.41, 5.74) is 1.85. The molecule has 0 aromatic heterocycles. The van der Waals surface area contributed by atoms with Crippen LogP contribution in [-0.4, -0.2) is 5.91 Å². The van der Waals surface area contributed by atoms with Crippen molar-refractivity contribution >= 4 is 28.8 Å². The van der Waals surface area contributed by atoms with Gasteiger partial charge in [0, 0.05) is 16.3 Å². The van der Waals surface area contributed by atoms with Gasteiger partial charge >= 0.3 is 0 Å². The van der Waals surface area contributed by atoms with E-state index in [4.69, 9.17) is 11.6 Å². The number of anilines is 1. The Morgan fingerprint density at radius 1 is 1.06 bits per heavy atom. The first-order valence-electron chi connectivity index (χ1n) is 5.48. The van der Waals surface area contributed by atoms with E-state index in [1.807, 2.05) is 30.3 Å². The molecule has 18 heavy (non-hydrogen) atoms. The summed E-state index contributed by atoms with van der Waals surface area (Å²) in [5.74, 6) is -0.233. The van der Waals surface area contributed by atoms with Crippen LogP contribution in [0.1, 0.15) is 5.56 Å². The summed E-state index contributed by atoms with van der Waals surface area (Å²) in [4.78, 5) is 12.0. The van der Waals surface area contributed by atoms with Gasteiger partial charge in [0.15, 0.2) is 0 Å². The van der Waals surface area contributed by atoms with Gasteiger partial charge in [-0.2, -0.15) is 0 Å². The van der Waals surface area contributed by atoms with Crippen molar-refractivity contribution in [2.45, 2.75) is 0 Å². The third-order valence-electron chi connectivity index (χ3n) is 2.48. The Bertz CT molecular complexity index is 578. The molecule has 90 valence electrons. The fraction of sp³-hybridized carbons (Fsp3) is 0. The van der Waals surface area contributed by atoms with E-state index in [2.05, 4.69) is 11.9 Å². The average Bonchev–Trinajstić information content (AvgIpc) is 2.39. The Kier molecular flexibility index (Phi) is 3.80. The number of benzene rings is 2. The van der Waals surface area contributed by atoms with Gasteiger partial charge in [-0.15, -0.1) is 0 Å². The van der Waals surface area contributed by atoms with Crippen molar-refractivity contribution in [2.75, 3.05) is 5.32 Å². The molecule has 2 nitrogen and oxygen atoms in total. The molecule has 0 aliphatic rings. The van der Waals surface area contributed by atoms with Crippen molar-refractivity contribution < 1.29 is 4.79 Å². The van der Waals surface area contributed by atoms with Crippen molar-refractivity contribution in [1.82, 2.24) is 0 Å². The summed E-state index contributed by atoms with van der Waals surface area (Å²) in [7, 11) is 0. The molecule has 2 rings (SSSR count). The third-order valence-corrected chi connectivity index (χ3v) is 2.71. The maximum atomic E-state index is 12.0. The molecule has 1 amide bonds. The highest BCUT2D eigenvalue weighted by Gasteiger charge is 2.09. The predicted octanol–water partition coefficient (Wildman–Crippen LogP) is 3.99. The second-order valence-corrected chi connectivity index (χ2v) is 4.25. The zero-order valence-corrected chi connectivity index (χ0v) is 10.4. The average molecular weight is 258 g/mol. The molecule has 0 heterocycles. The Labute approximate surface area is 111 Å². The standard InChI is InChI=1S/C15H12ClNO/c1-11(12-6-5-7-13(16)10-12)15(18)17-14-8-3-2-4-9-14/h2-10H,1H2,(H,17,18). The van der Waals surface area contributed by atoms with Crippen LogP contribution in [0.5, 0.6) is 0 Å². The van der Waals surface area contributed by atoms with Crippen LogP contribution >= 0.6 is 11.6 Å². The highest BCUT2D eigenvalue weighted by atomic mass is 35.5.